The molecule has 3 rings (SSSR count). The van der Waals surface area contributed by atoms with Gasteiger partial charge in [-0.15, -0.1) is 0 Å². The van der Waals surface area contributed by atoms with Crippen LogP contribution in [0.4, 0.5) is 0 Å². The van der Waals surface area contributed by atoms with Crippen LogP contribution < -0.4 is 5.32 Å². The van der Waals surface area contributed by atoms with Crippen molar-refractivity contribution in [2.45, 2.75) is 46.7 Å². The molecule has 1 N–H and O–H groups in total. The molecule has 23 heavy (non-hydrogen) atoms. The first kappa shape index (κ1) is 19.4. The Labute approximate surface area is 143 Å². The number of carbonyl (C=O) groups excluding carboxylic acids is 1. The predicted octanol–water partition coefficient (Wildman–Crippen LogP) is 4.12. The maximum Gasteiger partial charge on any atom is 0.168 e. The Bertz CT molecular complexity index is 596. The lowest BCUT2D eigenvalue weighted by Gasteiger charge is -2.15. The summed E-state index contributed by atoms with van der Waals surface area (Å²) in [7, 11) is 0. The minimum absolute atomic E-state index is 0.682. The summed E-state index contributed by atoms with van der Waals surface area (Å²) in [5.41, 5.74) is 1.94. The van der Waals surface area contributed by atoms with Crippen molar-refractivity contribution < 1.29 is 4.79 Å². The number of aryl methyl sites for hydroxylation is 1. The van der Waals surface area contributed by atoms with E-state index in [-0.39, 0.29) is 0 Å². The number of carbonyl (C=O) groups is 1. The van der Waals surface area contributed by atoms with Gasteiger partial charge < -0.3 is 9.88 Å². The van der Waals surface area contributed by atoms with E-state index in [1.165, 1.54) is 5.56 Å². The lowest BCUT2D eigenvalue weighted by atomic mass is 10.1. The maximum absolute atomic E-state index is 10.5. The molecule has 1 aromatic heterocycles. The van der Waals surface area contributed by atoms with E-state index in [1.54, 1.807) is 6.20 Å². The number of rotatable bonds is 3. The van der Waals surface area contributed by atoms with Crippen LogP contribution in [0.15, 0.2) is 30.5 Å². The highest BCUT2D eigenvalue weighted by Gasteiger charge is 2.11. The van der Waals surface area contributed by atoms with Crippen molar-refractivity contribution in [2.24, 2.45) is 0 Å². The molecule has 0 radical (unpaired) electrons. The van der Waals surface area contributed by atoms with E-state index in [4.69, 9.17) is 11.6 Å². The van der Waals surface area contributed by atoms with Gasteiger partial charge in [-0.25, -0.2) is 4.98 Å². The van der Waals surface area contributed by atoms with Crippen molar-refractivity contribution >= 4 is 17.9 Å². The van der Waals surface area contributed by atoms with E-state index in [0.29, 0.717) is 5.69 Å². The van der Waals surface area contributed by atoms with E-state index >= 15 is 0 Å². The Morgan fingerprint density at radius 2 is 2.09 bits per heavy atom. The van der Waals surface area contributed by atoms with Crippen molar-refractivity contribution in [3.63, 3.8) is 0 Å². The van der Waals surface area contributed by atoms with Crippen LogP contribution in [0.3, 0.4) is 0 Å². The first-order valence-corrected chi connectivity index (χ1v) is 8.57. The van der Waals surface area contributed by atoms with Gasteiger partial charge in [-0.2, -0.15) is 0 Å². The van der Waals surface area contributed by atoms with Gasteiger partial charge in [0.15, 0.2) is 6.29 Å². The van der Waals surface area contributed by atoms with Gasteiger partial charge >= 0.3 is 0 Å². The van der Waals surface area contributed by atoms with Crippen molar-refractivity contribution in [1.29, 1.82) is 0 Å². The van der Waals surface area contributed by atoms with E-state index in [9.17, 15) is 4.79 Å². The van der Waals surface area contributed by atoms with Gasteiger partial charge in [-0.05, 0) is 18.1 Å². The highest BCUT2D eigenvalue weighted by atomic mass is 35.5. The minimum Gasteiger partial charge on any atom is -0.323 e. The van der Waals surface area contributed by atoms with E-state index in [1.807, 2.05) is 36.6 Å². The van der Waals surface area contributed by atoms with Crippen LogP contribution in [0, 0.1) is 0 Å². The summed E-state index contributed by atoms with van der Waals surface area (Å²) in [4.78, 5) is 14.6. The number of imidazole rings is 1. The molecule has 0 spiro atoms. The molecule has 5 heteroatoms. The van der Waals surface area contributed by atoms with Crippen LogP contribution in [0.25, 0.3) is 0 Å². The zero-order valence-electron chi connectivity index (χ0n) is 14.2. The fourth-order valence-electron chi connectivity index (χ4n) is 2.28. The third kappa shape index (κ3) is 5.81. The van der Waals surface area contributed by atoms with Gasteiger partial charge in [-0.1, -0.05) is 57.0 Å². The molecule has 0 fully saturated rings. The van der Waals surface area contributed by atoms with Crippen LogP contribution in [0.5, 0.6) is 0 Å². The standard InChI is InChI=1S/C9H11Cl.C7H9N3O.C2H6/c1-2-5-8-6-3-4-7-9(8)10;11-5-6-3-9-7-4-8-1-2-10(6)7;1-2/h3-4,6-7H,2,5H2,1H3;3,5,8H,1-2,4H2;1-2H3. The van der Waals surface area contributed by atoms with Crippen LogP contribution in [-0.2, 0) is 19.5 Å². The molecule has 1 aliphatic rings. The number of hydrogen-bond acceptors (Lipinski definition) is 3. The molecule has 1 aromatic carbocycles. The second-order valence-electron chi connectivity index (χ2n) is 4.89. The van der Waals surface area contributed by atoms with Gasteiger partial charge in [0.1, 0.15) is 11.5 Å². The summed E-state index contributed by atoms with van der Waals surface area (Å²) in [6, 6.07) is 8.00. The molecule has 0 atom stereocenters. The lowest BCUT2D eigenvalue weighted by molar-refractivity contribution is 0.111. The highest BCUT2D eigenvalue weighted by Crippen LogP contribution is 2.15. The maximum atomic E-state index is 10.5. The minimum atomic E-state index is 0.682. The summed E-state index contributed by atoms with van der Waals surface area (Å²) in [6.45, 7) is 8.70. The number of benzene rings is 1. The average molecular weight is 336 g/mol. The van der Waals surface area contributed by atoms with E-state index < -0.39 is 0 Å². The molecule has 0 saturated carbocycles. The number of aldehydes is 1. The Hall–Kier alpha value is -1.65. The average Bonchev–Trinajstić information content (AvgIpc) is 3.03. The number of fused-ring (bicyclic) bond motifs is 1. The topological polar surface area (TPSA) is 46.9 Å². The molecular weight excluding hydrogens is 310 g/mol. The first-order chi connectivity index (χ1) is 11.3. The first-order valence-electron chi connectivity index (χ1n) is 8.20. The quantitative estimate of drug-likeness (QED) is 0.858. The van der Waals surface area contributed by atoms with Gasteiger partial charge in [0.25, 0.3) is 0 Å². The lowest BCUT2D eigenvalue weighted by Crippen LogP contribution is -2.29. The second kappa shape index (κ2) is 11.0. The fraction of sp³-hybridized carbons (Fsp3) is 0.444. The summed E-state index contributed by atoms with van der Waals surface area (Å²) >= 11 is 5.90. The Morgan fingerprint density at radius 1 is 1.35 bits per heavy atom. The van der Waals surface area contributed by atoms with Crippen LogP contribution in [-0.4, -0.2) is 22.4 Å². The highest BCUT2D eigenvalue weighted by molar-refractivity contribution is 6.31. The summed E-state index contributed by atoms with van der Waals surface area (Å²) < 4.78 is 1.95. The largest absolute Gasteiger partial charge is 0.323 e. The van der Waals surface area contributed by atoms with Gasteiger partial charge in [0.2, 0.25) is 0 Å². The molecule has 2 aromatic rings. The molecule has 126 valence electrons. The molecule has 0 unspecified atom stereocenters. The monoisotopic (exact) mass is 335 g/mol. The molecule has 0 aliphatic carbocycles. The van der Waals surface area contributed by atoms with Gasteiger partial charge in [0.05, 0.1) is 12.7 Å². The molecular formula is C18H26ClN3O. The fourth-order valence-corrected chi connectivity index (χ4v) is 2.51. The number of nitrogens with zero attached hydrogens (tertiary/aromatic N) is 2. The molecule has 0 amide bonds. The van der Waals surface area contributed by atoms with Gasteiger partial charge in [0, 0.05) is 18.1 Å². The number of nitrogens with one attached hydrogen (secondary N) is 1. The van der Waals surface area contributed by atoms with Crippen molar-refractivity contribution in [2.75, 3.05) is 6.54 Å². The van der Waals surface area contributed by atoms with Crippen molar-refractivity contribution in [3.05, 3.63) is 52.6 Å². The Kier molecular flexibility index (Phi) is 9.25. The van der Waals surface area contributed by atoms with Crippen LogP contribution in [0.2, 0.25) is 5.02 Å². The van der Waals surface area contributed by atoms with Crippen molar-refractivity contribution in [3.8, 4) is 0 Å². The molecule has 2 heterocycles. The van der Waals surface area contributed by atoms with E-state index in [0.717, 1.165) is 49.6 Å². The third-order valence-corrected chi connectivity index (χ3v) is 3.73. The normalized spacial score (nSPS) is 12.2. The SMILES string of the molecule is CC.CCCc1ccccc1Cl.O=Cc1cnc2n1CCNC2. The zero-order chi connectivity index (χ0) is 17.1. The second-order valence-corrected chi connectivity index (χ2v) is 5.29. The zero-order valence-corrected chi connectivity index (χ0v) is 14.9. The van der Waals surface area contributed by atoms with Crippen LogP contribution >= 0.6 is 11.6 Å². The Balaban J connectivity index is 0.000000209. The molecule has 4 nitrogen and oxygen atoms in total. The molecule has 0 saturated heterocycles. The molecule has 0 bridgehead atoms. The van der Waals surface area contributed by atoms with E-state index in [2.05, 4.69) is 23.3 Å². The summed E-state index contributed by atoms with van der Waals surface area (Å²) in [5, 5.41) is 4.07. The third-order valence-electron chi connectivity index (χ3n) is 3.36. The van der Waals surface area contributed by atoms with Crippen molar-refractivity contribution in [1.82, 2.24) is 14.9 Å². The number of aromatic nitrogens is 2. The van der Waals surface area contributed by atoms with Gasteiger partial charge in [-0.3, -0.25) is 4.79 Å². The number of hydrogen-bond donors (Lipinski definition) is 1. The summed E-state index contributed by atoms with van der Waals surface area (Å²) in [6.07, 6.45) is 4.71. The number of halogens is 1. The Morgan fingerprint density at radius 3 is 2.74 bits per heavy atom. The van der Waals surface area contributed by atoms with Crippen LogP contribution in [0.1, 0.15) is 49.1 Å². The predicted molar refractivity (Wildman–Crippen MR) is 96.1 cm³/mol. The summed E-state index contributed by atoms with van der Waals surface area (Å²) in [5.74, 6) is 0.957. The molecule has 1 aliphatic heterocycles. The smallest absolute Gasteiger partial charge is 0.168 e.